The van der Waals surface area contributed by atoms with Crippen molar-refractivity contribution in [1.82, 2.24) is 0 Å². The van der Waals surface area contributed by atoms with Crippen molar-refractivity contribution in [2.45, 2.75) is 20.3 Å². The highest BCUT2D eigenvalue weighted by atomic mass is 15.0. The molecule has 2 bridgehead atoms. The number of hydrogen-bond acceptors (Lipinski definition) is 0. The van der Waals surface area contributed by atoms with Crippen LogP contribution in [0.15, 0.2) is 0 Å². The summed E-state index contributed by atoms with van der Waals surface area (Å²) < 4.78 is 0. The maximum absolute atomic E-state index is 2.61. The summed E-state index contributed by atoms with van der Waals surface area (Å²) in [5.41, 5.74) is 1.77. The first kappa shape index (κ1) is 4.89. The van der Waals surface area contributed by atoms with E-state index in [1.54, 1.807) is 6.42 Å². The molecule has 6 aliphatic carbocycles. The standard InChI is InChI=1S/C11H14/c1-10-6-4-3-5(7(6)10)9-8(4)11(9,10)2/h4-9H,3H2,1-2H3. The van der Waals surface area contributed by atoms with E-state index in [1.165, 1.54) is 35.5 Å². The summed E-state index contributed by atoms with van der Waals surface area (Å²) in [4.78, 5) is 0. The van der Waals surface area contributed by atoms with Gasteiger partial charge in [0, 0.05) is 0 Å². The summed E-state index contributed by atoms with van der Waals surface area (Å²) in [6.45, 7) is 5.21. The van der Waals surface area contributed by atoms with E-state index in [2.05, 4.69) is 13.8 Å². The van der Waals surface area contributed by atoms with Crippen LogP contribution in [0.4, 0.5) is 0 Å². The van der Waals surface area contributed by atoms with Crippen molar-refractivity contribution in [3.05, 3.63) is 0 Å². The molecular weight excluding hydrogens is 132 g/mol. The smallest absolute Gasteiger partial charge is 0.0198 e. The van der Waals surface area contributed by atoms with Gasteiger partial charge in [-0.2, -0.15) is 0 Å². The number of hydrogen-bond donors (Lipinski definition) is 0. The molecule has 6 fully saturated rings. The minimum Gasteiger partial charge on any atom is -0.0585 e. The highest BCUT2D eigenvalue weighted by Crippen LogP contribution is 3.04. The molecule has 4 atom stereocenters. The Morgan fingerprint density at radius 2 is 1.18 bits per heavy atom. The second-order valence-corrected chi connectivity index (χ2v) is 6.23. The molecule has 6 aliphatic rings. The third-order valence-electron chi connectivity index (χ3n) is 6.88. The molecule has 11 heavy (non-hydrogen) atoms. The predicted molar refractivity (Wildman–Crippen MR) is 41.8 cm³/mol. The maximum Gasteiger partial charge on any atom is -0.0198 e. The third-order valence-corrected chi connectivity index (χ3v) is 6.88. The second kappa shape index (κ2) is 0.843. The molecule has 0 heteroatoms. The molecule has 0 aliphatic heterocycles. The fourth-order valence-electron chi connectivity index (χ4n) is 6.79. The average Bonchev–Trinajstić information content (AvgIpc) is 2.66. The topological polar surface area (TPSA) is 0 Å². The zero-order chi connectivity index (χ0) is 7.17. The van der Waals surface area contributed by atoms with Crippen molar-refractivity contribution in [1.29, 1.82) is 0 Å². The van der Waals surface area contributed by atoms with Gasteiger partial charge in [0.2, 0.25) is 0 Å². The largest absolute Gasteiger partial charge is 0.0585 e. The van der Waals surface area contributed by atoms with E-state index in [0.717, 1.165) is 10.8 Å². The first-order valence-electron chi connectivity index (χ1n) is 5.22. The molecule has 0 saturated heterocycles. The molecule has 0 aromatic heterocycles. The van der Waals surface area contributed by atoms with E-state index in [9.17, 15) is 0 Å². The normalized spacial score (nSPS) is 96.5. The highest BCUT2D eigenvalue weighted by Gasteiger charge is 3.00. The van der Waals surface area contributed by atoms with E-state index < -0.39 is 0 Å². The molecule has 4 unspecified atom stereocenters. The molecule has 0 aromatic rings. The van der Waals surface area contributed by atoms with Gasteiger partial charge in [0.1, 0.15) is 0 Å². The Kier molecular flexibility index (Phi) is 0.375. The molecule has 0 N–H and O–H groups in total. The monoisotopic (exact) mass is 146 g/mol. The van der Waals surface area contributed by atoms with Crippen molar-refractivity contribution in [3.8, 4) is 0 Å². The summed E-state index contributed by atoms with van der Waals surface area (Å²) >= 11 is 0. The third kappa shape index (κ3) is 0.197. The molecule has 0 nitrogen and oxygen atoms in total. The quantitative estimate of drug-likeness (QED) is 0.491. The predicted octanol–water partition coefficient (Wildman–Crippen LogP) is 2.15. The fraction of sp³-hybridized carbons (Fsp3) is 1.00. The van der Waals surface area contributed by atoms with Crippen molar-refractivity contribution in [2.75, 3.05) is 0 Å². The van der Waals surface area contributed by atoms with Gasteiger partial charge in [-0.3, -0.25) is 0 Å². The van der Waals surface area contributed by atoms with Crippen LogP contribution in [0.5, 0.6) is 0 Å². The minimum atomic E-state index is 0.885. The Labute approximate surface area is 67.4 Å². The van der Waals surface area contributed by atoms with Crippen LogP contribution in [0.1, 0.15) is 20.3 Å². The summed E-state index contributed by atoms with van der Waals surface area (Å²) in [5, 5.41) is 0. The van der Waals surface area contributed by atoms with Gasteiger partial charge < -0.3 is 0 Å². The maximum atomic E-state index is 2.61. The van der Waals surface area contributed by atoms with Gasteiger partial charge in [0.05, 0.1) is 0 Å². The van der Waals surface area contributed by atoms with Gasteiger partial charge in [0.25, 0.3) is 0 Å². The van der Waals surface area contributed by atoms with Gasteiger partial charge in [-0.05, 0) is 52.8 Å². The van der Waals surface area contributed by atoms with Gasteiger partial charge in [0.15, 0.2) is 0 Å². The van der Waals surface area contributed by atoms with Crippen LogP contribution >= 0.6 is 0 Å². The molecule has 0 aromatic carbocycles. The van der Waals surface area contributed by atoms with Crippen molar-refractivity contribution >= 4 is 0 Å². The van der Waals surface area contributed by atoms with Crippen LogP contribution in [-0.4, -0.2) is 0 Å². The molecule has 6 saturated carbocycles. The van der Waals surface area contributed by atoms with E-state index in [-0.39, 0.29) is 0 Å². The molecule has 58 valence electrons. The van der Waals surface area contributed by atoms with Crippen LogP contribution < -0.4 is 0 Å². The number of rotatable bonds is 0. The Bertz CT molecular complexity index is 240. The van der Waals surface area contributed by atoms with Crippen LogP contribution in [0, 0.1) is 46.3 Å². The Hall–Kier alpha value is 0. The van der Waals surface area contributed by atoms with Gasteiger partial charge in [-0.1, -0.05) is 13.8 Å². The van der Waals surface area contributed by atoms with E-state index in [0.29, 0.717) is 0 Å². The summed E-state index contributed by atoms with van der Waals surface area (Å²) in [5.74, 6) is 7.37. The van der Waals surface area contributed by atoms with Crippen LogP contribution in [-0.2, 0) is 0 Å². The van der Waals surface area contributed by atoms with Crippen LogP contribution in [0.3, 0.4) is 0 Å². The first-order chi connectivity index (χ1) is 5.22. The van der Waals surface area contributed by atoms with Gasteiger partial charge in [-0.25, -0.2) is 0 Å². The molecule has 0 radical (unpaired) electrons. The van der Waals surface area contributed by atoms with Crippen molar-refractivity contribution in [2.24, 2.45) is 46.3 Å². The van der Waals surface area contributed by atoms with Gasteiger partial charge >= 0.3 is 0 Å². The summed E-state index contributed by atoms with van der Waals surface area (Å²) in [7, 11) is 0. The lowest BCUT2D eigenvalue weighted by molar-refractivity contribution is 0.330. The van der Waals surface area contributed by atoms with E-state index in [1.807, 2.05) is 0 Å². The SMILES string of the molecule is CC12C3C4CC(C31)C1C4C12C. The average molecular weight is 146 g/mol. The lowest BCUT2D eigenvalue weighted by Crippen LogP contribution is -2.09. The van der Waals surface area contributed by atoms with Crippen LogP contribution in [0.25, 0.3) is 0 Å². The fourth-order valence-corrected chi connectivity index (χ4v) is 6.79. The van der Waals surface area contributed by atoms with E-state index in [4.69, 9.17) is 0 Å². The van der Waals surface area contributed by atoms with Crippen molar-refractivity contribution < 1.29 is 0 Å². The second-order valence-electron chi connectivity index (χ2n) is 6.23. The molecular formula is C11H14. The Balaban J connectivity index is 1.96. The lowest BCUT2D eigenvalue weighted by atomic mass is 9.90. The molecule has 0 spiro atoms. The van der Waals surface area contributed by atoms with Gasteiger partial charge in [-0.15, -0.1) is 0 Å². The zero-order valence-electron chi connectivity index (χ0n) is 7.17. The lowest BCUT2D eigenvalue weighted by Gasteiger charge is -2.14. The van der Waals surface area contributed by atoms with Crippen molar-refractivity contribution in [3.63, 3.8) is 0 Å². The van der Waals surface area contributed by atoms with Crippen LogP contribution in [0.2, 0.25) is 0 Å². The summed E-state index contributed by atoms with van der Waals surface area (Å²) in [6, 6.07) is 0. The Morgan fingerprint density at radius 3 is 1.36 bits per heavy atom. The zero-order valence-corrected chi connectivity index (χ0v) is 7.17. The summed E-state index contributed by atoms with van der Waals surface area (Å²) in [6.07, 6.45) is 1.65. The Morgan fingerprint density at radius 1 is 0.818 bits per heavy atom. The minimum absolute atomic E-state index is 0.885. The highest BCUT2D eigenvalue weighted by molar-refractivity contribution is 5.47. The molecule has 0 amide bonds. The molecule has 0 heterocycles. The molecule has 6 rings (SSSR count). The first-order valence-corrected chi connectivity index (χ1v) is 5.22. The van der Waals surface area contributed by atoms with E-state index >= 15 is 0 Å².